The van der Waals surface area contributed by atoms with Crippen LogP contribution < -0.4 is 20.1 Å². The molecule has 2 aromatic carbocycles. The van der Waals surface area contributed by atoms with E-state index in [0.717, 1.165) is 37.6 Å². The van der Waals surface area contributed by atoms with E-state index >= 15 is 0 Å². The summed E-state index contributed by atoms with van der Waals surface area (Å²) in [6.45, 7) is 14.7. The fourth-order valence-corrected chi connectivity index (χ4v) is 5.88. The van der Waals surface area contributed by atoms with E-state index in [9.17, 15) is 4.79 Å². The van der Waals surface area contributed by atoms with Crippen LogP contribution >= 0.6 is 0 Å². The first-order valence-electron chi connectivity index (χ1n) is 13.7. The molecule has 0 radical (unpaired) electrons. The third-order valence-electron chi connectivity index (χ3n) is 9.00. The van der Waals surface area contributed by atoms with Gasteiger partial charge in [-0.3, -0.25) is 10.1 Å². The number of amides is 1. The van der Waals surface area contributed by atoms with Crippen LogP contribution in [-0.2, 0) is 23.2 Å². The fraction of sp³-hybridized carbons (Fsp3) is 0.581. The molecule has 6 heteroatoms. The largest absolute Gasteiger partial charge is 0.497 e. The number of hydrogen-bond donors (Lipinski definition) is 2. The topological polar surface area (TPSA) is 62.8 Å². The zero-order chi connectivity index (χ0) is 26.8. The smallest absolute Gasteiger partial charge is 0.240 e. The Morgan fingerprint density at radius 1 is 1.11 bits per heavy atom. The quantitative estimate of drug-likeness (QED) is 0.549. The first-order valence-corrected chi connectivity index (χ1v) is 13.7. The van der Waals surface area contributed by atoms with Gasteiger partial charge in [0.2, 0.25) is 5.91 Å². The molecular formula is C31H45N3O3. The van der Waals surface area contributed by atoms with Crippen molar-refractivity contribution in [3.05, 3.63) is 59.2 Å². The lowest BCUT2D eigenvalue weighted by Gasteiger charge is -2.46. The summed E-state index contributed by atoms with van der Waals surface area (Å²) in [5, 5.41) is 6.93. The number of piperidine rings is 1. The van der Waals surface area contributed by atoms with E-state index in [-0.39, 0.29) is 17.4 Å². The molecule has 4 rings (SSSR count). The predicted molar refractivity (Wildman–Crippen MR) is 149 cm³/mol. The van der Waals surface area contributed by atoms with Gasteiger partial charge in [-0.2, -0.15) is 0 Å². The van der Waals surface area contributed by atoms with Crippen LogP contribution in [0.25, 0.3) is 0 Å². The molecule has 0 aromatic heterocycles. The first kappa shape index (κ1) is 27.5. The summed E-state index contributed by atoms with van der Waals surface area (Å²) in [5.74, 6) is 2.69. The van der Waals surface area contributed by atoms with Gasteiger partial charge in [-0.05, 0) is 84.5 Å². The summed E-state index contributed by atoms with van der Waals surface area (Å²) < 4.78 is 10.9. The molecule has 1 amide bonds. The highest BCUT2D eigenvalue weighted by Gasteiger charge is 2.41. The molecule has 4 atom stereocenters. The summed E-state index contributed by atoms with van der Waals surface area (Å²) >= 11 is 0. The number of hydrogen-bond acceptors (Lipinski definition) is 5. The molecule has 202 valence electrons. The molecule has 1 fully saturated rings. The second kappa shape index (κ2) is 11.0. The highest BCUT2D eigenvalue weighted by Crippen LogP contribution is 2.40. The molecule has 2 heterocycles. The summed E-state index contributed by atoms with van der Waals surface area (Å²) in [6, 6.07) is 14.8. The molecule has 0 saturated carbocycles. The van der Waals surface area contributed by atoms with Gasteiger partial charge in [-0.25, -0.2) is 0 Å². The van der Waals surface area contributed by atoms with Crippen LogP contribution in [0.1, 0.15) is 57.7 Å². The number of rotatable bonds is 8. The minimum atomic E-state index is -0.630. The molecule has 1 saturated heterocycles. The molecular weight excluding hydrogens is 462 g/mol. The third-order valence-corrected chi connectivity index (χ3v) is 9.00. The number of likely N-dealkylation sites (tertiary alicyclic amines) is 1. The Kier molecular flexibility index (Phi) is 8.20. The highest BCUT2D eigenvalue weighted by atomic mass is 16.5. The maximum atomic E-state index is 13.6. The van der Waals surface area contributed by atoms with Gasteiger partial charge in [0.15, 0.2) is 0 Å². The second-order valence-corrected chi connectivity index (χ2v) is 11.9. The number of ether oxygens (including phenoxy) is 2. The number of benzene rings is 2. The lowest BCUT2D eigenvalue weighted by atomic mass is 9.68. The van der Waals surface area contributed by atoms with Gasteiger partial charge >= 0.3 is 0 Å². The minimum absolute atomic E-state index is 0.0824. The van der Waals surface area contributed by atoms with Gasteiger partial charge in [-0.1, -0.05) is 45.9 Å². The average molecular weight is 508 g/mol. The van der Waals surface area contributed by atoms with Gasteiger partial charge in [0.25, 0.3) is 0 Å². The van der Waals surface area contributed by atoms with Gasteiger partial charge in [0, 0.05) is 25.7 Å². The lowest BCUT2D eigenvalue weighted by molar-refractivity contribution is -0.128. The predicted octanol–water partition coefficient (Wildman–Crippen LogP) is 4.55. The van der Waals surface area contributed by atoms with Crippen molar-refractivity contribution in [2.75, 3.05) is 33.9 Å². The van der Waals surface area contributed by atoms with E-state index < -0.39 is 5.54 Å². The Morgan fingerprint density at radius 2 is 1.84 bits per heavy atom. The van der Waals surface area contributed by atoms with Crippen molar-refractivity contribution >= 4 is 5.91 Å². The van der Waals surface area contributed by atoms with E-state index in [0.29, 0.717) is 24.8 Å². The molecule has 0 aliphatic carbocycles. The van der Waals surface area contributed by atoms with Gasteiger partial charge in [-0.15, -0.1) is 0 Å². The van der Waals surface area contributed by atoms with Crippen LogP contribution in [0.2, 0.25) is 0 Å². The maximum Gasteiger partial charge on any atom is 0.240 e. The Balaban J connectivity index is 1.40. The Hall–Kier alpha value is -2.57. The van der Waals surface area contributed by atoms with Crippen molar-refractivity contribution in [3.8, 4) is 11.5 Å². The Bertz CT molecular complexity index is 1100. The number of methoxy groups -OCH3 is 2. The first-order chi connectivity index (χ1) is 17.6. The second-order valence-electron chi connectivity index (χ2n) is 11.9. The van der Waals surface area contributed by atoms with Crippen molar-refractivity contribution in [1.29, 1.82) is 0 Å². The SMILES string of the molecule is COc1cccc([C@@]2(C)CCN(C[C@@H](NC(=O)[C@@]3(C)Cc4ccc(OC)cc4CN3)C(C)C)C[C@@H]2C)c1. The number of fused-ring (bicyclic) bond motifs is 1. The highest BCUT2D eigenvalue weighted by molar-refractivity contribution is 5.87. The Labute approximate surface area is 223 Å². The normalized spacial score (nSPS) is 26.9. The van der Waals surface area contributed by atoms with E-state index in [2.05, 4.69) is 73.6 Å². The summed E-state index contributed by atoms with van der Waals surface area (Å²) in [4.78, 5) is 16.1. The number of carbonyl (C=O) groups is 1. The van der Waals surface area contributed by atoms with Crippen molar-refractivity contribution in [3.63, 3.8) is 0 Å². The average Bonchev–Trinajstić information content (AvgIpc) is 2.90. The molecule has 2 aromatic rings. The molecule has 0 bridgehead atoms. The molecule has 6 nitrogen and oxygen atoms in total. The standard InChI is InChI=1S/C31H45N3O3/c1-21(2)28(33-29(35)31(5)17-23-11-12-27(37-7)15-24(23)18-32-31)20-34-14-13-30(4,22(3)19-34)25-9-8-10-26(16-25)36-6/h8-12,15-16,21-22,28,32H,13-14,17-20H2,1-7H3,(H,33,35)/t22-,28+,30-,31+/m0/s1. The van der Waals surface area contributed by atoms with Crippen molar-refractivity contribution in [2.45, 2.75) is 71.0 Å². The summed E-state index contributed by atoms with van der Waals surface area (Å²) in [7, 11) is 3.41. The zero-order valence-corrected chi connectivity index (χ0v) is 23.7. The number of carbonyl (C=O) groups excluding carboxylic acids is 1. The van der Waals surface area contributed by atoms with Crippen molar-refractivity contribution in [2.24, 2.45) is 11.8 Å². The van der Waals surface area contributed by atoms with E-state index in [1.54, 1.807) is 14.2 Å². The van der Waals surface area contributed by atoms with Crippen LogP contribution in [0, 0.1) is 11.8 Å². The van der Waals surface area contributed by atoms with Crippen LogP contribution in [0.3, 0.4) is 0 Å². The van der Waals surface area contributed by atoms with Crippen LogP contribution in [0.5, 0.6) is 11.5 Å². The van der Waals surface area contributed by atoms with Gasteiger partial charge < -0.3 is 19.7 Å². The molecule has 37 heavy (non-hydrogen) atoms. The number of nitrogens with one attached hydrogen (secondary N) is 2. The molecule has 0 spiro atoms. The van der Waals surface area contributed by atoms with Crippen LogP contribution in [-0.4, -0.2) is 56.2 Å². The van der Waals surface area contributed by atoms with E-state index in [1.165, 1.54) is 16.7 Å². The molecule has 2 aliphatic rings. The van der Waals surface area contributed by atoms with Crippen LogP contribution in [0.4, 0.5) is 0 Å². The van der Waals surface area contributed by atoms with Crippen molar-refractivity contribution < 1.29 is 14.3 Å². The fourth-order valence-electron chi connectivity index (χ4n) is 5.88. The van der Waals surface area contributed by atoms with Crippen LogP contribution in [0.15, 0.2) is 42.5 Å². The monoisotopic (exact) mass is 507 g/mol. The summed E-state index contributed by atoms with van der Waals surface area (Å²) in [6.07, 6.45) is 1.75. The molecule has 2 N–H and O–H groups in total. The maximum absolute atomic E-state index is 13.6. The lowest BCUT2D eigenvalue weighted by Crippen LogP contribution is -2.61. The van der Waals surface area contributed by atoms with Crippen molar-refractivity contribution in [1.82, 2.24) is 15.5 Å². The summed E-state index contributed by atoms with van der Waals surface area (Å²) in [5.41, 5.74) is 3.24. The van der Waals surface area contributed by atoms with E-state index in [1.807, 2.05) is 19.1 Å². The van der Waals surface area contributed by atoms with E-state index in [4.69, 9.17) is 9.47 Å². The number of nitrogens with zero attached hydrogens (tertiary/aromatic N) is 1. The molecule has 2 aliphatic heterocycles. The zero-order valence-electron chi connectivity index (χ0n) is 23.7. The third kappa shape index (κ3) is 5.80. The Morgan fingerprint density at radius 3 is 2.51 bits per heavy atom. The molecule has 0 unspecified atom stereocenters. The van der Waals surface area contributed by atoms with Gasteiger partial charge in [0.1, 0.15) is 11.5 Å². The van der Waals surface area contributed by atoms with Gasteiger partial charge in [0.05, 0.1) is 19.8 Å². The minimum Gasteiger partial charge on any atom is -0.497 e.